The molecule has 0 N–H and O–H groups in total. The highest BCUT2D eigenvalue weighted by molar-refractivity contribution is 8.13. The molecule has 1 saturated heterocycles. The number of anilines is 1. The van der Waals surface area contributed by atoms with Gasteiger partial charge in [0.25, 0.3) is 0 Å². The molecule has 0 bridgehead atoms. The van der Waals surface area contributed by atoms with Crippen LogP contribution in [0.5, 0.6) is 0 Å². The van der Waals surface area contributed by atoms with Gasteiger partial charge in [0.2, 0.25) is 20.9 Å². The Morgan fingerprint density at radius 1 is 1.42 bits per heavy atom. The minimum Gasteiger partial charge on any atom is -0.298 e. The van der Waals surface area contributed by atoms with E-state index in [4.69, 9.17) is 10.7 Å². The molecule has 0 aromatic carbocycles. The SMILES string of the molecule is O=Cc1cnc(N2CC(CS(=O)(=O)Cl)CC2=O)nc1. The van der Waals surface area contributed by atoms with Gasteiger partial charge < -0.3 is 0 Å². The van der Waals surface area contributed by atoms with E-state index in [2.05, 4.69) is 9.97 Å². The van der Waals surface area contributed by atoms with Crippen molar-refractivity contribution in [3.8, 4) is 0 Å². The molecule has 9 heteroatoms. The molecule has 1 fully saturated rings. The Bertz CT molecular complexity index is 602. The molecular weight excluding hydrogens is 294 g/mol. The number of hydrogen-bond donors (Lipinski definition) is 0. The average molecular weight is 304 g/mol. The number of aldehydes is 1. The van der Waals surface area contributed by atoms with E-state index in [0.29, 0.717) is 11.8 Å². The zero-order valence-electron chi connectivity index (χ0n) is 9.69. The van der Waals surface area contributed by atoms with Crippen molar-refractivity contribution in [3.63, 3.8) is 0 Å². The van der Waals surface area contributed by atoms with Crippen LogP contribution in [-0.4, -0.2) is 42.9 Å². The standard InChI is InChI=1S/C10H10ClN3O4S/c11-19(17,18)6-7-1-9(16)14(4-7)10-12-2-8(5-15)3-13-10/h2-3,5,7H,1,4,6H2. The maximum absolute atomic E-state index is 11.8. The Balaban J connectivity index is 2.13. The van der Waals surface area contributed by atoms with Crippen LogP contribution in [0, 0.1) is 5.92 Å². The molecule has 1 aromatic rings. The molecule has 1 aromatic heterocycles. The summed E-state index contributed by atoms with van der Waals surface area (Å²) >= 11 is 0. The summed E-state index contributed by atoms with van der Waals surface area (Å²) in [6, 6.07) is 0. The first kappa shape index (κ1) is 13.9. The van der Waals surface area contributed by atoms with Gasteiger partial charge in [0.1, 0.15) is 0 Å². The van der Waals surface area contributed by atoms with Crippen molar-refractivity contribution in [2.24, 2.45) is 5.92 Å². The highest BCUT2D eigenvalue weighted by Gasteiger charge is 2.34. The topological polar surface area (TPSA) is 97.3 Å². The van der Waals surface area contributed by atoms with Gasteiger partial charge in [-0.3, -0.25) is 14.5 Å². The van der Waals surface area contributed by atoms with Crippen molar-refractivity contribution in [2.45, 2.75) is 6.42 Å². The second-order valence-corrected chi connectivity index (χ2v) is 7.04. The Morgan fingerprint density at radius 3 is 2.58 bits per heavy atom. The van der Waals surface area contributed by atoms with E-state index in [1.54, 1.807) is 0 Å². The Labute approximate surface area is 114 Å². The van der Waals surface area contributed by atoms with E-state index < -0.39 is 9.05 Å². The van der Waals surface area contributed by atoms with Gasteiger partial charge in [0, 0.05) is 42.0 Å². The Hall–Kier alpha value is -1.54. The molecule has 2 heterocycles. The van der Waals surface area contributed by atoms with Crippen molar-refractivity contribution < 1.29 is 18.0 Å². The first-order chi connectivity index (χ1) is 8.89. The number of halogens is 1. The van der Waals surface area contributed by atoms with E-state index in [1.165, 1.54) is 17.3 Å². The van der Waals surface area contributed by atoms with Crippen LogP contribution < -0.4 is 4.90 Å². The van der Waals surface area contributed by atoms with Gasteiger partial charge in [-0.2, -0.15) is 0 Å². The maximum Gasteiger partial charge on any atom is 0.232 e. The zero-order valence-corrected chi connectivity index (χ0v) is 11.3. The molecule has 1 amide bonds. The molecule has 0 radical (unpaired) electrons. The van der Waals surface area contributed by atoms with Gasteiger partial charge in [-0.15, -0.1) is 0 Å². The fourth-order valence-corrected chi connectivity index (χ4v) is 3.22. The minimum absolute atomic E-state index is 0.0880. The molecular formula is C10H10ClN3O4S. The first-order valence-corrected chi connectivity index (χ1v) is 7.87. The third kappa shape index (κ3) is 3.48. The van der Waals surface area contributed by atoms with E-state index in [0.717, 1.165) is 0 Å². The monoisotopic (exact) mass is 303 g/mol. The lowest BCUT2D eigenvalue weighted by molar-refractivity contribution is -0.117. The quantitative estimate of drug-likeness (QED) is 0.582. The van der Waals surface area contributed by atoms with E-state index in [9.17, 15) is 18.0 Å². The molecule has 7 nitrogen and oxygen atoms in total. The van der Waals surface area contributed by atoms with Gasteiger partial charge in [-0.05, 0) is 0 Å². The highest BCUT2D eigenvalue weighted by Crippen LogP contribution is 2.23. The van der Waals surface area contributed by atoms with Crippen molar-refractivity contribution in [2.75, 3.05) is 17.2 Å². The average Bonchev–Trinajstić information content (AvgIpc) is 2.68. The lowest BCUT2D eigenvalue weighted by atomic mass is 10.1. The molecule has 1 aliphatic rings. The number of carbonyl (C=O) groups is 2. The maximum atomic E-state index is 11.8. The predicted octanol–water partition coefficient (Wildman–Crippen LogP) is 0.211. The van der Waals surface area contributed by atoms with Crippen molar-refractivity contribution in [3.05, 3.63) is 18.0 Å². The molecule has 1 atom stereocenters. The molecule has 0 spiro atoms. The summed E-state index contributed by atoms with van der Waals surface area (Å²) in [6.45, 7) is 0.200. The molecule has 0 saturated carbocycles. The Kier molecular flexibility index (Phi) is 3.81. The molecule has 1 unspecified atom stereocenters. The summed E-state index contributed by atoms with van der Waals surface area (Å²) in [4.78, 5) is 31.3. The fourth-order valence-electron chi connectivity index (χ4n) is 1.90. The second kappa shape index (κ2) is 5.22. The number of carbonyl (C=O) groups excluding carboxylic acids is 2. The molecule has 2 rings (SSSR count). The lowest BCUT2D eigenvalue weighted by Gasteiger charge is -2.13. The largest absolute Gasteiger partial charge is 0.298 e. The Morgan fingerprint density at radius 2 is 2.05 bits per heavy atom. The number of hydrogen-bond acceptors (Lipinski definition) is 6. The van der Waals surface area contributed by atoms with Crippen LogP contribution in [0.3, 0.4) is 0 Å². The van der Waals surface area contributed by atoms with Crippen LogP contribution in [0.15, 0.2) is 12.4 Å². The second-order valence-electron chi connectivity index (χ2n) is 4.21. The van der Waals surface area contributed by atoms with Gasteiger partial charge in [0.05, 0.1) is 11.3 Å². The fraction of sp³-hybridized carbons (Fsp3) is 0.400. The van der Waals surface area contributed by atoms with Crippen LogP contribution in [0.2, 0.25) is 0 Å². The van der Waals surface area contributed by atoms with Gasteiger partial charge in [-0.1, -0.05) is 0 Å². The summed E-state index contributed by atoms with van der Waals surface area (Å²) in [5.74, 6) is -0.734. The molecule has 102 valence electrons. The van der Waals surface area contributed by atoms with E-state index >= 15 is 0 Å². The summed E-state index contributed by atoms with van der Waals surface area (Å²) < 4.78 is 22.0. The number of rotatable bonds is 4. The third-order valence-corrected chi connectivity index (χ3v) is 3.92. The number of aromatic nitrogens is 2. The van der Waals surface area contributed by atoms with Crippen LogP contribution in [0.25, 0.3) is 0 Å². The molecule has 19 heavy (non-hydrogen) atoms. The predicted molar refractivity (Wildman–Crippen MR) is 67.5 cm³/mol. The highest BCUT2D eigenvalue weighted by atomic mass is 35.7. The normalized spacial score (nSPS) is 19.7. The first-order valence-electron chi connectivity index (χ1n) is 5.39. The molecule has 1 aliphatic heterocycles. The van der Waals surface area contributed by atoms with Crippen molar-refractivity contribution in [1.82, 2.24) is 9.97 Å². The lowest BCUT2D eigenvalue weighted by Crippen LogP contribution is -2.27. The van der Waals surface area contributed by atoms with Crippen LogP contribution in [0.4, 0.5) is 5.95 Å². The van der Waals surface area contributed by atoms with Crippen LogP contribution >= 0.6 is 10.7 Å². The van der Waals surface area contributed by atoms with Gasteiger partial charge >= 0.3 is 0 Å². The smallest absolute Gasteiger partial charge is 0.232 e. The summed E-state index contributed by atoms with van der Waals surface area (Å²) in [7, 11) is 1.53. The summed E-state index contributed by atoms with van der Waals surface area (Å²) in [6.07, 6.45) is 3.28. The minimum atomic E-state index is -3.64. The third-order valence-electron chi connectivity index (χ3n) is 2.68. The van der Waals surface area contributed by atoms with Crippen LogP contribution in [0.1, 0.15) is 16.8 Å². The van der Waals surface area contributed by atoms with Crippen molar-refractivity contribution >= 4 is 37.9 Å². The number of amides is 1. The van der Waals surface area contributed by atoms with Crippen LogP contribution in [-0.2, 0) is 13.8 Å². The summed E-state index contributed by atoms with van der Waals surface area (Å²) in [5.41, 5.74) is 0.301. The van der Waals surface area contributed by atoms with E-state index in [1.807, 2.05) is 0 Å². The van der Waals surface area contributed by atoms with E-state index in [-0.39, 0.29) is 36.5 Å². The van der Waals surface area contributed by atoms with Gasteiger partial charge in [0.15, 0.2) is 6.29 Å². The summed E-state index contributed by atoms with van der Waals surface area (Å²) in [5, 5.41) is 0. The van der Waals surface area contributed by atoms with Gasteiger partial charge in [-0.25, -0.2) is 18.4 Å². The number of nitrogens with zero attached hydrogens (tertiary/aromatic N) is 3. The molecule has 0 aliphatic carbocycles. The zero-order chi connectivity index (χ0) is 14.0. The van der Waals surface area contributed by atoms with Crippen molar-refractivity contribution in [1.29, 1.82) is 0 Å².